The molecule has 2 amide bonds. The van der Waals surface area contributed by atoms with Gasteiger partial charge in [0.25, 0.3) is 11.8 Å². The van der Waals surface area contributed by atoms with Crippen LogP contribution in [0, 0.1) is 45.3 Å². The molecule has 3 aliphatic rings. The number of thioether (sulfide) groups is 2. The third-order valence-corrected chi connectivity index (χ3v) is 16.5. The van der Waals surface area contributed by atoms with Gasteiger partial charge in [0.1, 0.15) is 61.9 Å². The summed E-state index contributed by atoms with van der Waals surface area (Å²) in [7, 11) is 0. The Morgan fingerprint density at radius 3 is 1.56 bits per heavy atom. The van der Waals surface area contributed by atoms with Crippen LogP contribution in [0.2, 0.25) is 0 Å². The number of allylic oxidation sites excluding steroid dienone is 2. The van der Waals surface area contributed by atoms with Crippen LogP contribution in [0.1, 0.15) is 30.5 Å². The van der Waals surface area contributed by atoms with Crippen molar-refractivity contribution in [2.45, 2.75) is 32.7 Å². The number of thiazole rings is 2. The molecule has 0 spiro atoms. The molecule has 0 unspecified atom stereocenters. The number of carbonyl (C=O) groups excluding carboxylic acids is 4. The third kappa shape index (κ3) is 7.47. The molecule has 0 N–H and O–H groups in total. The van der Waals surface area contributed by atoms with E-state index in [1.807, 2.05) is 36.4 Å². The zero-order valence-electron chi connectivity index (χ0n) is 33.9. The number of thiophene rings is 2. The predicted molar refractivity (Wildman–Crippen MR) is 249 cm³/mol. The van der Waals surface area contributed by atoms with Crippen molar-refractivity contribution in [3.05, 3.63) is 98.6 Å². The van der Waals surface area contributed by atoms with Gasteiger partial charge >= 0.3 is 17.5 Å². The van der Waals surface area contributed by atoms with Crippen LogP contribution in [0.3, 0.4) is 0 Å². The molecule has 66 heavy (non-hydrogen) atoms. The maximum Gasteiger partial charge on any atom is 0.367 e. The molecular formula is C43H24N10O7S6. The molecular weight excluding hydrogens is 961 g/mol. The summed E-state index contributed by atoms with van der Waals surface area (Å²) in [6.07, 6.45) is 0. The monoisotopic (exact) mass is 984 g/mol. The van der Waals surface area contributed by atoms with E-state index in [9.17, 15) is 30.6 Å². The minimum atomic E-state index is -2.60. The van der Waals surface area contributed by atoms with Crippen molar-refractivity contribution < 1.29 is 33.4 Å². The van der Waals surface area contributed by atoms with Crippen molar-refractivity contribution in [3.63, 3.8) is 0 Å². The van der Waals surface area contributed by atoms with Gasteiger partial charge in [0.2, 0.25) is 10.3 Å². The van der Waals surface area contributed by atoms with Crippen LogP contribution in [-0.2, 0) is 47.5 Å². The summed E-state index contributed by atoms with van der Waals surface area (Å²) < 4.78 is 19.4. The highest BCUT2D eigenvalue weighted by atomic mass is 32.2. The third-order valence-electron chi connectivity index (χ3n) is 9.88. The zero-order valence-corrected chi connectivity index (χ0v) is 38.8. The molecule has 0 atom stereocenters. The fourth-order valence-electron chi connectivity index (χ4n) is 6.87. The van der Waals surface area contributed by atoms with Gasteiger partial charge in [0, 0.05) is 13.1 Å². The number of nitriles is 4. The summed E-state index contributed by atoms with van der Waals surface area (Å²) in [6, 6.07) is 25.0. The first-order valence-corrected chi connectivity index (χ1v) is 24.2. The lowest BCUT2D eigenvalue weighted by Gasteiger charge is -2.33. The molecule has 9 rings (SSSR count). The van der Waals surface area contributed by atoms with Crippen LogP contribution >= 0.6 is 68.9 Å². The Morgan fingerprint density at radius 1 is 0.667 bits per heavy atom. The second kappa shape index (κ2) is 18.0. The SMILES string of the molecule is CCN1C(=O)C(=Nc2nc3sc4c(c3s2)OC(C(=O)OCc2ccccc2)(C(=O)OCc2ccccc2)c2c-4sc3nc(N=C4SC(=C(C#N)C#N)N(CC)C4=O)sc23)SC1=C(C#N)C#N. The van der Waals surface area contributed by atoms with Crippen LogP contribution < -0.4 is 4.74 Å². The van der Waals surface area contributed by atoms with Crippen molar-refractivity contribution in [2.24, 2.45) is 9.98 Å². The molecule has 2 aromatic carbocycles. The highest BCUT2D eigenvalue weighted by molar-refractivity contribution is 8.20. The number of aromatic nitrogens is 2. The maximum atomic E-state index is 15.0. The Morgan fingerprint density at radius 2 is 1.11 bits per heavy atom. The summed E-state index contributed by atoms with van der Waals surface area (Å²) in [5.74, 6) is -3.10. The summed E-state index contributed by atoms with van der Waals surface area (Å²) in [5.41, 5.74) is -1.72. The second-order valence-corrected chi connectivity index (χ2v) is 19.6. The Labute approximate surface area is 397 Å². The Hall–Kier alpha value is -7.22. The van der Waals surface area contributed by atoms with Crippen molar-refractivity contribution in [3.8, 4) is 39.8 Å². The van der Waals surface area contributed by atoms with Gasteiger partial charge in [-0.15, -0.1) is 22.7 Å². The van der Waals surface area contributed by atoms with Crippen LogP contribution in [0.15, 0.2) is 91.9 Å². The summed E-state index contributed by atoms with van der Waals surface area (Å²) >= 11 is 6.13. The number of hydrogen-bond donors (Lipinski definition) is 0. The Balaban J connectivity index is 1.20. The normalized spacial score (nSPS) is 16.2. The van der Waals surface area contributed by atoms with Crippen LogP contribution in [0.5, 0.6) is 5.75 Å². The van der Waals surface area contributed by atoms with E-state index in [1.54, 1.807) is 62.4 Å². The molecule has 0 aliphatic carbocycles. The minimum absolute atomic E-state index is 0.0106. The maximum absolute atomic E-state index is 15.0. The van der Waals surface area contributed by atoms with Gasteiger partial charge in [-0.05, 0) is 48.5 Å². The molecule has 2 saturated heterocycles. The lowest BCUT2D eigenvalue weighted by Crippen LogP contribution is -2.52. The van der Waals surface area contributed by atoms with E-state index in [0.29, 0.717) is 39.9 Å². The van der Waals surface area contributed by atoms with Crippen LogP contribution in [0.4, 0.5) is 10.3 Å². The smallest absolute Gasteiger partial charge is 0.367 e. The number of nitrogens with zero attached hydrogens (tertiary/aromatic N) is 10. The highest BCUT2D eigenvalue weighted by Crippen LogP contribution is 2.61. The van der Waals surface area contributed by atoms with Crippen molar-refractivity contribution in [1.82, 2.24) is 19.8 Å². The van der Waals surface area contributed by atoms with Gasteiger partial charge in [-0.25, -0.2) is 29.5 Å². The number of fused-ring (bicyclic) bond motifs is 7. The minimum Gasteiger partial charge on any atom is -0.457 e. The van der Waals surface area contributed by atoms with Crippen molar-refractivity contribution in [1.29, 1.82) is 21.0 Å². The number of aliphatic imine (C=N–C) groups is 2. The first kappa shape index (κ1) is 44.0. The molecule has 23 heteroatoms. The average Bonchev–Trinajstić information content (AvgIpc) is 4.18. The molecule has 4 aromatic heterocycles. The molecule has 0 saturated carbocycles. The van der Waals surface area contributed by atoms with Gasteiger partial charge in [-0.1, -0.05) is 83.3 Å². The number of carbonyl (C=O) groups is 4. The molecule has 0 bridgehead atoms. The fourth-order valence-corrected chi connectivity index (χ4v) is 13.8. The first-order chi connectivity index (χ1) is 32.1. The summed E-state index contributed by atoms with van der Waals surface area (Å²) in [6.45, 7) is 3.30. The summed E-state index contributed by atoms with van der Waals surface area (Å²) in [4.78, 5) is 79.6. The van der Waals surface area contributed by atoms with E-state index < -0.39 is 29.4 Å². The quantitative estimate of drug-likeness (QED) is 0.0708. The fraction of sp³-hybridized carbons (Fsp3) is 0.163. The predicted octanol–water partition coefficient (Wildman–Crippen LogP) is 8.54. The number of amides is 2. The number of benzene rings is 2. The number of rotatable bonds is 10. The Kier molecular flexibility index (Phi) is 12.0. The van der Waals surface area contributed by atoms with E-state index >= 15 is 9.59 Å². The molecule has 7 heterocycles. The standard InChI is InChI=1S/C43H24N10O7S6/c1-3-52-35(54)33(65-37(52)23(15-44)16-45)50-41-48-31-28(63-41)25-27(61-31)29-26(30-32(62-29)49-42(64-30)51-34-36(55)53(4-2)38(66-34)24(17-46)18-47)60-43(25,39(56)58-19-21-11-7-5-8-12-21)40(57)59-20-22-13-9-6-10-14-22/h5-14H,3-4,19-20H2,1-2H3. The van der Waals surface area contributed by atoms with E-state index in [0.717, 1.165) is 57.5 Å². The molecule has 324 valence electrons. The number of ether oxygens (including phenoxy) is 3. The Bertz CT molecular complexity index is 3290. The lowest BCUT2D eigenvalue weighted by atomic mass is 9.91. The highest BCUT2D eigenvalue weighted by Gasteiger charge is 2.60. The van der Waals surface area contributed by atoms with Gasteiger partial charge in [0.05, 0.1) is 20.0 Å². The number of esters is 2. The van der Waals surface area contributed by atoms with Gasteiger partial charge in [-0.3, -0.25) is 19.4 Å². The zero-order chi connectivity index (χ0) is 46.3. The lowest BCUT2D eigenvalue weighted by molar-refractivity contribution is -0.183. The average molecular weight is 985 g/mol. The van der Waals surface area contributed by atoms with E-state index in [-0.39, 0.29) is 79.2 Å². The van der Waals surface area contributed by atoms with Crippen LogP contribution in [-0.4, -0.2) is 66.7 Å². The van der Waals surface area contributed by atoms with Crippen LogP contribution in [0.25, 0.3) is 28.8 Å². The van der Waals surface area contributed by atoms with E-state index in [1.165, 1.54) is 21.1 Å². The topological polar surface area (TPSA) is 248 Å². The summed E-state index contributed by atoms with van der Waals surface area (Å²) in [5, 5.41) is 38.7. The molecule has 0 radical (unpaired) electrons. The van der Waals surface area contributed by atoms with Crippen molar-refractivity contribution in [2.75, 3.05) is 13.1 Å². The van der Waals surface area contributed by atoms with E-state index in [4.69, 9.17) is 24.2 Å². The van der Waals surface area contributed by atoms with Gasteiger partial charge < -0.3 is 14.2 Å². The molecule has 3 aliphatic heterocycles. The molecule has 2 fully saturated rings. The molecule has 17 nitrogen and oxygen atoms in total. The van der Waals surface area contributed by atoms with Crippen molar-refractivity contribution >= 4 is 132 Å². The number of hydrogen-bond acceptors (Lipinski definition) is 21. The largest absolute Gasteiger partial charge is 0.457 e. The second-order valence-electron chi connectivity index (χ2n) is 13.7. The molecule has 6 aromatic rings. The first-order valence-electron chi connectivity index (χ1n) is 19.3. The van der Waals surface area contributed by atoms with Gasteiger partial charge in [0.15, 0.2) is 27.0 Å². The van der Waals surface area contributed by atoms with E-state index in [2.05, 4.69) is 9.98 Å². The van der Waals surface area contributed by atoms with Gasteiger partial charge in [-0.2, -0.15) is 21.0 Å².